The maximum Gasteiger partial charge on any atom is 0.125 e. The summed E-state index contributed by atoms with van der Waals surface area (Å²) in [6.45, 7) is 8.95. The van der Waals surface area contributed by atoms with Crippen LogP contribution in [0.15, 0.2) is 12.3 Å². The summed E-state index contributed by atoms with van der Waals surface area (Å²) in [6, 6.07) is 1.95. The summed E-state index contributed by atoms with van der Waals surface area (Å²) in [5, 5.41) is 3.43. The number of aryl methyl sites for hydroxylation is 1. The molecule has 1 aromatic heterocycles. The normalized spacial score (nSPS) is 11.8. The van der Waals surface area contributed by atoms with Crippen molar-refractivity contribution in [3.8, 4) is 0 Å². The van der Waals surface area contributed by atoms with Crippen LogP contribution in [-0.2, 0) is 11.3 Å². The lowest BCUT2D eigenvalue weighted by Crippen LogP contribution is -2.30. The van der Waals surface area contributed by atoms with Crippen molar-refractivity contribution in [1.82, 2.24) is 15.3 Å². The Morgan fingerprint density at radius 3 is 2.82 bits per heavy atom. The number of nitrogens with zero attached hydrogens (tertiary/aromatic N) is 2. The van der Waals surface area contributed by atoms with E-state index in [1.54, 1.807) is 13.3 Å². The van der Waals surface area contributed by atoms with Crippen LogP contribution in [0.2, 0.25) is 0 Å². The van der Waals surface area contributed by atoms with E-state index in [1.165, 1.54) is 0 Å². The molecule has 0 spiro atoms. The average molecular weight is 237 g/mol. The molecule has 0 aromatic carbocycles. The number of ether oxygens (including phenoxy) is 1. The largest absolute Gasteiger partial charge is 0.385 e. The summed E-state index contributed by atoms with van der Waals surface area (Å²) in [4.78, 5) is 8.44. The van der Waals surface area contributed by atoms with Gasteiger partial charge in [-0.3, -0.25) is 0 Å². The summed E-state index contributed by atoms with van der Waals surface area (Å²) < 4.78 is 5.11. The van der Waals surface area contributed by atoms with E-state index in [2.05, 4.69) is 29.1 Å². The predicted molar refractivity (Wildman–Crippen MR) is 68.7 cm³/mol. The lowest BCUT2D eigenvalue weighted by Gasteiger charge is -2.24. The van der Waals surface area contributed by atoms with Gasteiger partial charge in [0.1, 0.15) is 5.82 Å². The molecule has 0 radical (unpaired) electrons. The number of rotatable bonds is 7. The van der Waals surface area contributed by atoms with Gasteiger partial charge >= 0.3 is 0 Å². The molecule has 17 heavy (non-hydrogen) atoms. The Balaban J connectivity index is 2.32. The Bertz CT molecular complexity index is 339. The minimum absolute atomic E-state index is 0.248. The first-order valence-corrected chi connectivity index (χ1v) is 6.02. The highest BCUT2D eigenvalue weighted by Gasteiger charge is 2.16. The molecule has 0 atom stereocenters. The third kappa shape index (κ3) is 5.75. The Morgan fingerprint density at radius 1 is 1.41 bits per heavy atom. The number of hydrogen-bond donors (Lipinski definition) is 1. The molecular formula is C13H23N3O. The molecule has 0 aliphatic heterocycles. The summed E-state index contributed by atoms with van der Waals surface area (Å²) >= 11 is 0. The average Bonchev–Trinajstić information content (AvgIpc) is 2.26. The van der Waals surface area contributed by atoms with Crippen molar-refractivity contribution in [2.45, 2.75) is 33.7 Å². The van der Waals surface area contributed by atoms with Crippen molar-refractivity contribution in [1.29, 1.82) is 0 Å². The van der Waals surface area contributed by atoms with Gasteiger partial charge in [0.05, 0.1) is 5.69 Å². The van der Waals surface area contributed by atoms with Crippen LogP contribution in [0.1, 0.15) is 31.8 Å². The second kappa shape index (κ2) is 6.67. The first-order chi connectivity index (χ1) is 8.03. The molecule has 0 amide bonds. The fraction of sp³-hybridized carbons (Fsp3) is 0.692. The minimum atomic E-state index is 0.248. The highest BCUT2D eigenvalue weighted by molar-refractivity contribution is 5.01. The zero-order valence-corrected chi connectivity index (χ0v) is 11.3. The Morgan fingerprint density at radius 2 is 2.18 bits per heavy atom. The number of methoxy groups -OCH3 is 1. The molecule has 1 rings (SSSR count). The summed E-state index contributed by atoms with van der Waals surface area (Å²) in [5.74, 6) is 0.822. The molecule has 1 heterocycles. The molecule has 0 saturated heterocycles. The molecular weight excluding hydrogens is 214 g/mol. The fourth-order valence-corrected chi connectivity index (χ4v) is 1.60. The molecule has 0 aliphatic carbocycles. The topological polar surface area (TPSA) is 47.0 Å². The second-order valence-corrected chi connectivity index (χ2v) is 5.11. The highest BCUT2D eigenvalue weighted by atomic mass is 16.5. The SMILES string of the molecule is COCCC(C)(C)CNCc1ccnc(C)n1. The van der Waals surface area contributed by atoms with E-state index in [-0.39, 0.29) is 5.41 Å². The first-order valence-electron chi connectivity index (χ1n) is 6.02. The van der Waals surface area contributed by atoms with Gasteiger partial charge in [0.15, 0.2) is 0 Å². The summed E-state index contributed by atoms with van der Waals surface area (Å²) in [5.41, 5.74) is 1.29. The van der Waals surface area contributed by atoms with E-state index in [1.807, 2.05) is 13.0 Å². The van der Waals surface area contributed by atoms with Crippen LogP contribution in [0.25, 0.3) is 0 Å². The molecule has 0 unspecified atom stereocenters. The van der Waals surface area contributed by atoms with Crippen LogP contribution < -0.4 is 5.32 Å². The summed E-state index contributed by atoms with van der Waals surface area (Å²) in [7, 11) is 1.74. The summed E-state index contributed by atoms with van der Waals surface area (Å²) in [6.07, 6.45) is 2.86. The predicted octanol–water partition coefficient (Wildman–Crippen LogP) is 1.94. The molecule has 0 saturated carbocycles. The smallest absolute Gasteiger partial charge is 0.125 e. The van der Waals surface area contributed by atoms with Crippen molar-refractivity contribution in [2.24, 2.45) is 5.41 Å². The van der Waals surface area contributed by atoms with E-state index in [4.69, 9.17) is 4.74 Å². The standard InChI is InChI=1S/C13H23N3O/c1-11-15-7-5-12(16-11)9-14-10-13(2,3)6-8-17-4/h5,7,14H,6,8-10H2,1-4H3. The first kappa shape index (κ1) is 14.1. The van der Waals surface area contributed by atoms with Crippen LogP contribution in [0.3, 0.4) is 0 Å². The van der Waals surface area contributed by atoms with Gasteiger partial charge in [-0.25, -0.2) is 9.97 Å². The van der Waals surface area contributed by atoms with Crippen molar-refractivity contribution in [3.05, 3.63) is 23.8 Å². The van der Waals surface area contributed by atoms with Gasteiger partial charge < -0.3 is 10.1 Å². The molecule has 0 bridgehead atoms. The fourth-order valence-electron chi connectivity index (χ4n) is 1.60. The van der Waals surface area contributed by atoms with E-state index >= 15 is 0 Å². The van der Waals surface area contributed by atoms with Crippen LogP contribution in [0.4, 0.5) is 0 Å². The maximum absolute atomic E-state index is 5.11. The second-order valence-electron chi connectivity index (χ2n) is 5.11. The van der Waals surface area contributed by atoms with Crippen LogP contribution >= 0.6 is 0 Å². The Kier molecular flexibility index (Phi) is 5.51. The van der Waals surface area contributed by atoms with E-state index in [0.717, 1.165) is 37.6 Å². The monoisotopic (exact) mass is 237 g/mol. The van der Waals surface area contributed by atoms with E-state index < -0.39 is 0 Å². The quantitative estimate of drug-likeness (QED) is 0.787. The van der Waals surface area contributed by atoms with Crippen molar-refractivity contribution in [3.63, 3.8) is 0 Å². The van der Waals surface area contributed by atoms with Gasteiger partial charge in [0.25, 0.3) is 0 Å². The van der Waals surface area contributed by atoms with Gasteiger partial charge in [-0.05, 0) is 24.8 Å². The molecule has 4 nitrogen and oxygen atoms in total. The Hall–Kier alpha value is -1.00. The molecule has 96 valence electrons. The number of nitrogens with one attached hydrogen (secondary N) is 1. The van der Waals surface area contributed by atoms with E-state index in [9.17, 15) is 0 Å². The lowest BCUT2D eigenvalue weighted by atomic mass is 9.90. The molecule has 0 aliphatic rings. The Labute approximate surface area is 104 Å². The van der Waals surface area contributed by atoms with Gasteiger partial charge in [0, 0.05) is 33.0 Å². The van der Waals surface area contributed by atoms with Crippen LogP contribution in [-0.4, -0.2) is 30.2 Å². The van der Waals surface area contributed by atoms with Gasteiger partial charge in [0.2, 0.25) is 0 Å². The minimum Gasteiger partial charge on any atom is -0.385 e. The molecule has 4 heteroatoms. The molecule has 1 N–H and O–H groups in total. The van der Waals surface area contributed by atoms with Gasteiger partial charge in [-0.1, -0.05) is 13.8 Å². The zero-order valence-electron chi connectivity index (χ0n) is 11.3. The highest BCUT2D eigenvalue weighted by Crippen LogP contribution is 2.18. The molecule has 0 fully saturated rings. The van der Waals surface area contributed by atoms with Crippen molar-refractivity contribution >= 4 is 0 Å². The number of aromatic nitrogens is 2. The van der Waals surface area contributed by atoms with Crippen LogP contribution in [0, 0.1) is 12.3 Å². The lowest BCUT2D eigenvalue weighted by molar-refractivity contribution is 0.150. The third-order valence-corrected chi connectivity index (χ3v) is 2.73. The molecule has 1 aromatic rings. The third-order valence-electron chi connectivity index (χ3n) is 2.73. The van der Waals surface area contributed by atoms with Crippen molar-refractivity contribution < 1.29 is 4.74 Å². The van der Waals surface area contributed by atoms with E-state index in [0.29, 0.717) is 0 Å². The van der Waals surface area contributed by atoms with Gasteiger partial charge in [-0.2, -0.15) is 0 Å². The van der Waals surface area contributed by atoms with Gasteiger partial charge in [-0.15, -0.1) is 0 Å². The van der Waals surface area contributed by atoms with Crippen molar-refractivity contribution in [2.75, 3.05) is 20.3 Å². The maximum atomic E-state index is 5.11. The van der Waals surface area contributed by atoms with Crippen LogP contribution in [0.5, 0.6) is 0 Å². The number of hydrogen-bond acceptors (Lipinski definition) is 4. The zero-order chi connectivity index (χ0) is 12.7.